The average Bonchev–Trinajstić information content (AvgIpc) is 2.70. The molecule has 0 saturated heterocycles. The summed E-state index contributed by atoms with van der Waals surface area (Å²) in [6, 6.07) is 13.1. The highest BCUT2D eigenvalue weighted by atomic mass is 16.5. The van der Waals surface area contributed by atoms with Crippen molar-refractivity contribution < 1.29 is 19.1 Å². The number of anilines is 1. The molecule has 0 radical (unpaired) electrons. The van der Waals surface area contributed by atoms with Crippen LogP contribution in [0.15, 0.2) is 42.5 Å². The van der Waals surface area contributed by atoms with Crippen LogP contribution in [-0.4, -0.2) is 38.1 Å². The molecule has 0 atom stereocenters. The molecule has 0 bridgehead atoms. The molecule has 1 aliphatic rings. The maximum absolute atomic E-state index is 13.1. The van der Waals surface area contributed by atoms with Crippen molar-refractivity contribution in [1.82, 2.24) is 5.32 Å². The Bertz CT molecular complexity index is 863. The molecule has 6 heteroatoms. The highest BCUT2D eigenvalue weighted by Crippen LogP contribution is 2.31. The number of rotatable bonds is 6. The predicted molar refractivity (Wildman–Crippen MR) is 108 cm³/mol. The van der Waals surface area contributed by atoms with E-state index in [9.17, 15) is 9.59 Å². The van der Waals surface area contributed by atoms with Gasteiger partial charge in [0.1, 0.15) is 0 Å². The van der Waals surface area contributed by atoms with Crippen molar-refractivity contribution in [3.8, 4) is 11.5 Å². The van der Waals surface area contributed by atoms with Crippen molar-refractivity contribution in [1.29, 1.82) is 0 Å². The lowest BCUT2D eigenvalue weighted by molar-refractivity contribution is -0.123. The Morgan fingerprint density at radius 2 is 1.93 bits per heavy atom. The molecule has 6 nitrogen and oxygen atoms in total. The van der Waals surface area contributed by atoms with Gasteiger partial charge in [0.05, 0.1) is 7.11 Å². The zero-order chi connectivity index (χ0) is 20.1. The second-order valence-corrected chi connectivity index (χ2v) is 7.07. The second-order valence-electron chi connectivity index (χ2n) is 7.07. The van der Waals surface area contributed by atoms with Crippen LogP contribution in [-0.2, 0) is 11.2 Å². The van der Waals surface area contributed by atoms with Gasteiger partial charge in [-0.3, -0.25) is 9.59 Å². The van der Waals surface area contributed by atoms with Gasteiger partial charge in [0, 0.05) is 23.8 Å². The molecule has 0 spiro atoms. The first kappa shape index (κ1) is 19.7. The quantitative estimate of drug-likeness (QED) is 0.833. The normalized spacial score (nSPS) is 13.1. The van der Waals surface area contributed by atoms with Gasteiger partial charge < -0.3 is 19.7 Å². The molecule has 0 aliphatic carbocycles. The van der Waals surface area contributed by atoms with E-state index in [1.54, 1.807) is 18.2 Å². The number of benzene rings is 2. The van der Waals surface area contributed by atoms with Gasteiger partial charge in [-0.1, -0.05) is 18.2 Å². The molecule has 2 aromatic rings. The Morgan fingerprint density at radius 3 is 2.68 bits per heavy atom. The van der Waals surface area contributed by atoms with Gasteiger partial charge >= 0.3 is 0 Å². The average molecular weight is 382 g/mol. The van der Waals surface area contributed by atoms with Crippen LogP contribution in [0.2, 0.25) is 0 Å². The van der Waals surface area contributed by atoms with Crippen LogP contribution in [0.4, 0.5) is 5.69 Å². The summed E-state index contributed by atoms with van der Waals surface area (Å²) in [7, 11) is 1.51. The van der Waals surface area contributed by atoms with Crippen LogP contribution in [0.25, 0.3) is 0 Å². The summed E-state index contributed by atoms with van der Waals surface area (Å²) in [5, 5.41) is 2.77. The summed E-state index contributed by atoms with van der Waals surface area (Å²) in [5.41, 5.74) is 2.67. The number of carbonyl (C=O) groups is 2. The molecule has 0 saturated carbocycles. The minimum absolute atomic E-state index is 0.0467. The van der Waals surface area contributed by atoms with Crippen molar-refractivity contribution in [2.45, 2.75) is 32.7 Å². The summed E-state index contributed by atoms with van der Waals surface area (Å²) < 4.78 is 10.9. The number of para-hydroxylation sites is 1. The van der Waals surface area contributed by atoms with E-state index in [1.165, 1.54) is 12.7 Å². The van der Waals surface area contributed by atoms with E-state index in [1.807, 2.05) is 36.9 Å². The molecule has 28 heavy (non-hydrogen) atoms. The van der Waals surface area contributed by atoms with E-state index in [2.05, 4.69) is 11.4 Å². The van der Waals surface area contributed by atoms with Crippen LogP contribution in [0, 0.1) is 0 Å². The predicted octanol–water partition coefficient (Wildman–Crippen LogP) is 3.19. The summed E-state index contributed by atoms with van der Waals surface area (Å²) in [6.07, 6.45) is 1.92. The first-order valence-corrected chi connectivity index (χ1v) is 9.49. The van der Waals surface area contributed by atoms with Crippen LogP contribution >= 0.6 is 0 Å². The molecule has 2 aromatic carbocycles. The minimum Gasteiger partial charge on any atom is -0.493 e. The smallest absolute Gasteiger partial charge is 0.258 e. The number of nitrogens with zero attached hydrogens (tertiary/aromatic N) is 1. The van der Waals surface area contributed by atoms with E-state index in [-0.39, 0.29) is 24.5 Å². The molecular formula is C22H26N2O4. The van der Waals surface area contributed by atoms with Crippen molar-refractivity contribution >= 4 is 17.5 Å². The van der Waals surface area contributed by atoms with Crippen LogP contribution in [0.5, 0.6) is 11.5 Å². The number of ether oxygens (including phenoxy) is 2. The van der Waals surface area contributed by atoms with E-state index in [4.69, 9.17) is 9.47 Å². The summed E-state index contributed by atoms with van der Waals surface area (Å²) in [4.78, 5) is 26.7. The second kappa shape index (κ2) is 8.78. The standard InChI is InChI=1S/C22H26N2O4/c1-15(2)23-21(25)14-28-19-11-10-17(13-20(19)27-3)22(26)24-12-6-8-16-7-4-5-9-18(16)24/h4-5,7,9-11,13,15H,6,8,12,14H2,1-3H3,(H,23,25). The van der Waals surface area contributed by atoms with Gasteiger partial charge in [-0.25, -0.2) is 0 Å². The van der Waals surface area contributed by atoms with Gasteiger partial charge in [-0.05, 0) is 56.5 Å². The van der Waals surface area contributed by atoms with Gasteiger partial charge in [0.15, 0.2) is 18.1 Å². The van der Waals surface area contributed by atoms with E-state index < -0.39 is 0 Å². The molecule has 2 amide bonds. The molecule has 3 rings (SSSR count). The minimum atomic E-state index is -0.206. The highest BCUT2D eigenvalue weighted by Gasteiger charge is 2.24. The number of hydrogen-bond acceptors (Lipinski definition) is 4. The van der Waals surface area contributed by atoms with Crippen molar-refractivity contribution in [2.24, 2.45) is 0 Å². The fourth-order valence-electron chi connectivity index (χ4n) is 3.33. The number of methoxy groups -OCH3 is 1. The first-order chi connectivity index (χ1) is 13.5. The molecule has 0 aromatic heterocycles. The maximum atomic E-state index is 13.1. The number of nitrogens with one attached hydrogen (secondary N) is 1. The molecular weight excluding hydrogens is 356 g/mol. The number of carbonyl (C=O) groups excluding carboxylic acids is 2. The molecule has 1 N–H and O–H groups in total. The monoisotopic (exact) mass is 382 g/mol. The third kappa shape index (κ3) is 4.44. The zero-order valence-electron chi connectivity index (χ0n) is 16.5. The molecule has 1 heterocycles. The van der Waals surface area contributed by atoms with E-state index in [0.29, 0.717) is 23.6 Å². The summed E-state index contributed by atoms with van der Waals surface area (Å²) >= 11 is 0. The molecule has 0 fully saturated rings. The number of hydrogen-bond donors (Lipinski definition) is 1. The third-order valence-corrected chi connectivity index (χ3v) is 4.57. The first-order valence-electron chi connectivity index (χ1n) is 9.49. The van der Waals surface area contributed by atoms with E-state index in [0.717, 1.165) is 18.5 Å². The third-order valence-electron chi connectivity index (χ3n) is 4.57. The van der Waals surface area contributed by atoms with Crippen molar-refractivity contribution in [3.05, 3.63) is 53.6 Å². The number of amides is 2. The lowest BCUT2D eigenvalue weighted by Gasteiger charge is -2.29. The Balaban J connectivity index is 1.77. The van der Waals surface area contributed by atoms with Gasteiger partial charge in [0.2, 0.25) is 0 Å². The maximum Gasteiger partial charge on any atom is 0.258 e. The zero-order valence-corrected chi connectivity index (χ0v) is 16.5. The lowest BCUT2D eigenvalue weighted by Crippen LogP contribution is -2.35. The number of aryl methyl sites for hydroxylation is 1. The SMILES string of the molecule is COc1cc(C(=O)N2CCCc3ccccc32)ccc1OCC(=O)NC(C)C. The van der Waals surface area contributed by atoms with Crippen LogP contribution in [0.1, 0.15) is 36.2 Å². The largest absolute Gasteiger partial charge is 0.493 e. The van der Waals surface area contributed by atoms with E-state index >= 15 is 0 Å². The van der Waals surface area contributed by atoms with Crippen LogP contribution in [0.3, 0.4) is 0 Å². The number of fused-ring (bicyclic) bond motifs is 1. The van der Waals surface area contributed by atoms with Gasteiger partial charge in [0.25, 0.3) is 11.8 Å². The van der Waals surface area contributed by atoms with Crippen molar-refractivity contribution in [3.63, 3.8) is 0 Å². The van der Waals surface area contributed by atoms with Gasteiger partial charge in [-0.15, -0.1) is 0 Å². The molecule has 148 valence electrons. The van der Waals surface area contributed by atoms with Crippen LogP contribution < -0.4 is 19.7 Å². The Morgan fingerprint density at radius 1 is 1.14 bits per heavy atom. The Labute approximate surface area is 165 Å². The molecule has 0 unspecified atom stereocenters. The Hall–Kier alpha value is -3.02. The summed E-state index contributed by atoms with van der Waals surface area (Å²) in [5.74, 6) is 0.571. The highest BCUT2D eigenvalue weighted by molar-refractivity contribution is 6.07. The summed E-state index contributed by atoms with van der Waals surface area (Å²) in [6.45, 7) is 4.35. The lowest BCUT2D eigenvalue weighted by atomic mass is 10.0. The topological polar surface area (TPSA) is 67.9 Å². The fraction of sp³-hybridized carbons (Fsp3) is 0.364. The Kier molecular flexibility index (Phi) is 6.19. The molecule has 1 aliphatic heterocycles. The van der Waals surface area contributed by atoms with Gasteiger partial charge in [-0.2, -0.15) is 0 Å². The van der Waals surface area contributed by atoms with Crippen molar-refractivity contribution in [2.75, 3.05) is 25.2 Å². The fourth-order valence-corrected chi connectivity index (χ4v) is 3.33.